The van der Waals surface area contributed by atoms with Crippen LogP contribution in [0, 0.1) is 62.6 Å². The van der Waals surface area contributed by atoms with E-state index in [0.29, 0.717) is 54.6 Å². The first-order chi connectivity index (χ1) is 24.6. The van der Waals surface area contributed by atoms with Gasteiger partial charge in [0.05, 0.1) is 23.3 Å². The molecule has 1 unspecified atom stereocenters. The van der Waals surface area contributed by atoms with E-state index in [2.05, 4.69) is 64.9 Å². The first-order valence-corrected chi connectivity index (χ1v) is 24.4. The number of nitrogens with one attached hydrogen (secondary N) is 1. The lowest BCUT2D eigenvalue weighted by molar-refractivity contribution is -0.247. The third-order valence-electron chi connectivity index (χ3n) is 17.7. The molecule has 0 aromatic heterocycles. The highest BCUT2D eigenvalue weighted by molar-refractivity contribution is 7.98. The van der Waals surface area contributed by atoms with Crippen LogP contribution in [0.3, 0.4) is 0 Å². The van der Waals surface area contributed by atoms with Gasteiger partial charge in [0.15, 0.2) is 9.84 Å². The Morgan fingerprint density at radius 2 is 1.58 bits per heavy atom. The fourth-order valence-electron chi connectivity index (χ4n) is 14.4. The lowest BCUT2D eigenvalue weighted by Crippen LogP contribution is -2.69. The standard InChI is InChI=1S/C43H74N2O6S2/c1-28(2)30-13-18-43(44-26-29(27-52-10)45-21-23-53(49,50)24-22-45)20-19-41(8)31(36(30)43)11-12-33-40(7)16-15-34(51-35(46)25-38(3,4)37(47)48)39(5,6)32(40)14-17-42(33,41)9/h28-34,36,44H,11-27H2,1-10H3,(H,47,48)/t29?,30-,31+,32-,33+,34-,36+,40-,41+,42+,43-/m0/s1. The molecule has 1 heterocycles. The average molecular weight is 779 g/mol. The Morgan fingerprint density at radius 3 is 2.21 bits per heavy atom. The Bertz CT molecular complexity index is 1480. The summed E-state index contributed by atoms with van der Waals surface area (Å²) in [7, 11) is -2.91. The maximum absolute atomic E-state index is 13.1. The van der Waals surface area contributed by atoms with Gasteiger partial charge >= 0.3 is 11.9 Å². The summed E-state index contributed by atoms with van der Waals surface area (Å²) in [6.45, 7) is 23.0. The van der Waals surface area contributed by atoms with E-state index in [1.807, 2.05) is 11.8 Å². The van der Waals surface area contributed by atoms with Crippen molar-refractivity contribution in [3.63, 3.8) is 0 Å². The molecule has 6 rings (SSSR count). The van der Waals surface area contributed by atoms with Crippen molar-refractivity contribution in [2.45, 2.75) is 151 Å². The Hall–Kier alpha value is -0.840. The van der Waals surface area contributed by atoms with Gasteiger partial charge in [-0.1, -0.05) is 48.5 Å². The van der Waals surface area contributed by atoms with E-state index in [1.54, 1.807) is 13.8 Å². The number of hydrogen-bond donors (Lipinski definition) is 2. The molecule has 0 radical (unpaired) electrons. The van der Waals surface area contributed by atoms with Gasteiger partial charge in [0, 0.05) is 42.4 Å². The summed E-state index contributed by atoms with van der Waals surface area (Å²) >= 11 is 1.88. The molecule has 304 valence electrons. The summed E-state index contributed by atoms with van der Waals surface area (Å²) in [6.07, 6.45) is 13.8. The molecule has 5 aliphatic carbocycles. The van der Waals surface area contributed by atoms with Crippen molar-refractivity contribution < 1.29 is 27.9 Å². The quantitative estimate of drug-likeness (QED) is 0.202. The van der Waals surface area contributed by atoms with Crippen molar-refractivity contribution in [2.75, 3.05) is 43.1 Å². The molecular weight excluding hydrogens is 705 g/mol. The predicted molar refractivity (Wildman–Crippen MR) is 216 cm³/mol. The van der Waals surface area contributed by atoms with E-state index in [4.69, 9.17) is 4.74 Å². The third-order valence-corrected chi connectivity index (χ3v) is 20.0. The van der Waals surface area contributed by atoms with E-state index in [1.165, 1.54) is 44.9 Å². The molecule has 0 aromatic rings. The van der Waals surface area contributed by atoms with Crippen LogP contribution in [0.4, 0.5) is 0 Å². The first kappa shape index (κ1) is 41.8. The van der Waals surface area contributed by atoms with E-state index in [9.17, 15) is 23.1 Å². The van der Waals surface area contributed by atoms with E-state index < -0.39 is 21.2 Å². The van der Waals surface area contributed by atoms with Gasteiger partial charge in [0.25, 0.3) is 0 Å². The van der Waals surface area contributed by atoms with Crippen LogP contribution in [-0.4, -0.2) is 91.2 Å². The van der Waals surface area contributed by atoms with Crippen LogP contribution in [-0.2, 0) is 24.2 Å². The van der Waals surface area contributed by atoms with Crippen LogP contribution in [0.15, 0.2) is 0 Å². The van der Waals surface area contributed by atoms with Crippen molar-refractivity contribution in [3.05, 3.63) is 0 Å². The van der Waals surface area contributed by atoms with Crippen molar-refractivity contribution in [1.82, 2.24) is 10.2 Å². The smallest absolute Gasteiger partial charge is 0.309 e. The van der Waals surface area contributed by atoms with Gasteiger partial charge < -0.3 is 15.2 Å². The molecule has 0 bridgehead atoms. The molecule has 0 spiro atoms. The number of carboxylic acids is 1. The largest absolute Gasteiger partial charge is 0.481 e. The number of carbonyl (C=O) groups is 2. The number of carbonyl (C=O) groups excluding carboxylic acids is 1. The molecule has 0 amide bonds. The predicted octanol–water partition coefficient (Wildman–Crippen LogP) is 7.94. The van der Waals surface area contributed by atoms with Crippen molar-refractivity contribution in [1.29, 1.82) is 0 Å². The van der Waals surface area contributed by atoms with E-state index >= 15 is 0 Å². The fourth-order valence-corrected chi connectivity index (χ4v) is 16.4. The van der Waals surface area contributed by atoms with Crippen molar-refractivity contribution in [3.8, 4) is 0 Å². The minimum atomic E-state index is -2.91. The van der Waals surface area contributed by atoms with Crippen LogP contribution in [0.5, 0.6) is 0 Å². The second kappa shape index (κ2) is 14.5. The monoisotopic (exact) mass is 778 g/mol. The van der Waals surface area contributed by atoms with E-state index in [-0.39, 0.29) is 57.2 Å². The van der Waals surface area contributed by atoms with Gasteiger partial charge in [0.1, 0.15) is 6.10 Å². The zero-order chi connectivity index (χ0) is 39.0. The molecule has 11 atom stereocenters. The maximum atomic E-state index is 13.1. The molecule has 6 aliphatic rings. The summed E-state index contributed by atoms with van der Waals surface area (Å²) in [5, 5.41) is 14.0. The Labute approximate surface area is 326 Å². The number of rotatable bonds is 11. The molecule has 5 saturated carbocycles. The van der Waals surface area contributed by atoms with E-state index in [0.717, 1.165) is 31.6 Å². The SMILES string of the molecule is CSCC(CN[C@]12CC[C@@H](C(C)C)[C@@H]1[C@H]1CC[C@@H]3[C@@]4(C)CC[C@H](OC(=O)CC(C)(C)C(=O)O)C(C)(C)[C@@H]4CC[C@@]3(C)[C@]1(C)CC2)N1CCS(=O)(=O)CC1. The highest BCUT2D eigenvalue weighted by Crippen LogP contribution is 2.76. The van der Waals surface area contributed by atoms with Crippen LogP contribution in [0.2, 0.25) is 0 Å². The second-order valence-corrected chi connectivity index (χ2v) is 24.4. The average Bonchev–Trinajstić information content (AvgIpc) is 3.45. The highest BCUT2D eigenvalue weighted by atomic mass is 32.2. The van der Waals surface area contributed by atoms with Gasteiger partial charge in [-0.2, -0.15) is 11.8 Å². The summed E-state index contributed by atoms with van der Waals surface area (Å²) < 4.78 is 30.8. The molecule has 8 nitrogen and oxygen atoms in total. The Kier molecular flexibility index (Phi) is 11.4. The summed E-state index contributed by atoms with van der Waals surface area (Å²) in [5.41, 5.74) is -0.500. The Balaban J connectivity index is 1.22. The molecule has 2 N–H and O–H groups in total. The molecule has 0 aromatic carbocycles. The number of ether oxygens (including phenoxy) is 1. The number of esters is 1. The fraction of sp³-hybridized carbons (Fsp3) is 0.953. The molecule has 6 fully saturated rings. The van der Waals surface area contributed by atoms with Gasteiger partial charge in [0.2, 0.25) is 0 Å². The third kappa shape index (κ3) is 7.08. The van der Waals surface area contributed by atoms with Crippen LogP contribution in [0.1, 0.15) is 133 Å². The van der Waals surface area contributed by atoms with Crippen LogP contribution >= 0.6 is 11.8 Å². The Morgan fingerprint density at radius 1 is 0.906 bits per heavy atom. The van der Waals surface area contributed by atoms with Gasteiger partial charge in [-0.15, -0.1) is 0 Å². The number of nitrogens with zero attached hydrogens (tertiary/aromatic N) is 1. The zero-order valence-electron chi connectivity index (χ0n) is 34.9. The topological polar surface area (TPSA) is 113 Å². The first-order valence-electron chi connectivity index (χ1n) is 21.2. The number of hydrogen-bond acceptors (Lipinski definition) is 8. The van der Waals surface area contributed by atoms with Crippen molar-refractivity contribution >= 4 is 33.5 Å². The zero-order valence-corrected chi connectivity index (χ0v) is 36.5. The second-order valence-electron chi connectivity index (χ2n) is 21.2. The number of thioether (sulfide) groups is 1. The normalized spacial score (nSPS) is 42.8. The molecule has 1 aliphatic heterocycles. The minimum absolute atomic E-state index is 0.104. The number of aliphatic carboxylic acids is 1. The minimum Gasteiger partial charge on any atom is -0.481 e. The van der Waals surface area contributed by atoms with Crippen LogP contribution < -0.4 is 5.32 Å². The van der Waals surface area contributed by atoms with Crippen molar-refractivity contribution in [2.24, 2.45) is 62.6 Å². The highest BCUT2D eigenvalue weighted by Gasteiger charge is 2.71. The maximum Gasteiger partial charge on any atom is 0.309 e. The summed E-state index contributed by atoms with van der Waals surface area (Å²) in [5.74, 6) is 4.03. The lowest BCUT2D eigenvalue weighted by atomic mass is 9.32. The summed E-state index contributed by atoms with van der Waals surface area (Å²) in [6, 6.07) is 0.354. The number of carboxylic acid groups (broad SMARTS) is 1. The van der Waals surface area contributed by atoms with Gasteiger partial charge in [-0.3, -0.25) is 14.5 Å². The molecule has 10 heteroatoms. The molecule has 53 heavy (non-hydrogen) atoms. The lowest BCUT2D eigenvalue weighted by Gasteiger charge is -2.73. The van der Waals surface area contributed by atoms with Gasteiger partial charge in [-0.25, -0.2) is 8.42 Å². The summed E-state index contributed by atoms with van der Waals surface area (Å²) in [4.78, 5) is 27.3. The number of sulfone groups is 1. The number of fused-ring (bicyclic) bond motifs is 7. The van der Waals surface area contributed by atoms with Gasteiger partial charge in [-0.05, 0) is 136 Å². The van der Waals surface area contributed by atoms with Crippen LogP contribution in [0.25, 0.3) is 0 Å². The molecular formula is C43H74N2O6S2. The molecule has 1 saturated heterocycles.